The first kappa shape index (κ1) is 7.57. The molecule has 0 radical (unpaired) electrons. The number of hydrogen-bond acceptors (Lipinski definition) is 3. The number of nitrogens with zero attached hydrogens (tertiary/aromatic N) is 1. The summed E-state index contributed by atoms with van der Waals surface area (Å²) in [5.74, 6) is 0. The molecule has 52 valence electrons. The van der Waals surface area contributed by atoms with E-state index in [0.29, 0.717) is 0 Å². The van der Waals surface area contributed by atoms with Gasteiger partial charge in [-0.3, -0.25) is 0 Å². The van der Waals surface area contributed by atoms with Crippen LogP contribution in [0.5, 0.6) is 0 Å². The first-order chi connectivity index (χ1) is 4.75. The monoisotopic (exact) mass is 248 g/mol. The lowest BCUT2D eigenvalue weighted by Crippen LogP contribution is -2.06. The molecule has 0 aliphatic carbocycles. The number of hydrogen-bond donors (Lipinski definition) is 1. The molecule has 0 aliphatic rings. The minimum absolute atomic E-state index is 0.564. The van der Waals surface area contributed by atoms with Crippen LogP contribution in [0.25, 0.3) is 0 Å². The largest absolute Gasteiger partial charge is 0.471 e. The van der Waals surface area contributed by atoms with Crippen LogP contribution in [0.3, 0.4) is 0 Å². The van der Waals surface area contributed by atoms with Gasteiger partial charge in [0.2, 0.25) is 0 Å². The Labute approximate surface area is 71.9 Å². The van der Waals surface area contributed by atoms with Crippen LogP contribution in [0, 0.1) is 14.9 Å². The molecule has 0 fully saturated rings. The molecule has 1 atom stereocenters. The summed E-state index contributed by atoms with van der Waals surface area (Å²) in [5, 5.41) is 8.41. The molecule has 2 N–H and O–H groups in total. The average molecular weight is 248 g/mol. The van der Waals surface area contributed by atoms with Gasteiger partial charge in [-0.15, -0.1) is 0 Å². The predicted octanol–water partition coefficient (Wildman–Crippen LogP) is 1.41. The van der Waals surface area contributed by atoms with E-state index in [2.05, 4.69) is 22.6 Å². The Morgan fingerprint density at radius 2 is 2.40 bits per heavy atom. The van der Waals surface area contributed by atoms with Gasteiger partial charge in [-0.25, -0.2) is 0 Å². The first-order valence-corrected chi connectivity index (χ1v) is 3.70. The minimum Gasteiger partial charge on any atom is -0.471 e. The fraction of sp³-hybridized carbons (Fsp3) is 0.167. The second-order valence-corrected chi connectivity index (χ2v) is 2.94. The molecular weight excluding hydrogens is 243 g/mol. The van der Waals surface area contributed by atoms with Crippen molar-refractivity contribution in [3.05, 3.63) is 21.7 Å². The van der Waals surface area contributed by atoms with Crippen molar-refractivity contribution in [3.63, 3.8) is 0 Å². The Morgan fingerprint density at radius 1 is 1.70 bits per heavy atom. The number of furan rings is 1. The highest BCUT2D eigenvalue weighted by molar-refractivity contribution is 14.1. The van der Waals surface area contributed by atoms with Gasteiger partial charge in [0, 0.05) is 5.56 Å². The van der Waals surface area contributed by atoms with Crippen molar-refractivity contribution in [1.82, 2.24) is 0 Å². The van der Waals surface area contributed by atoms with E-state index in [4.69, 9.17) is 15.4 Å². The number of halogens is 1. The number of nitriles is 1. The summed E-state index contributed by atoms with van der Waals surface area (Å²) in [4.78, 5) is 0. The van der Waals surface area contributed by atoms with Gasteiger partial charge in [-0.05, 0) is 22.6 Å². The Kier molecular flexibility index (Phi) is 2.29. The van der Waals surface area contributed by atoms with Crippen LogP contribution in [0.15, 0.2) is 16.9 Å². The zero-order valence-electron chi connectivity index (χ0n) is 5.04. The third-order valence-electron chi connectivity index (χ3n) is 1.12. The van der Waals surface area contributed by atoms with E-state index < -0.39 is 6.04 Å². The molecule has 10 heavy (non-hydrogen) atoms. The first-order valence-electron chi connectivity index (χ1n) is 2.62. The zero-order valence-corrected chi connectivity index (χ0v) is 7.20. The van der Waals surface area contributed by atoms with Crippen LogP contribution in [-0.2, 0) is 0 Å². The van der Waals surface area contributed by atoms with Gasteiger partial charge >= 0.3 is 0 Å². The lowest BCUT2D eigenvalue weighted by molar-refractivity contribution is 0.561. The normalized spacial score (nSPS) is 12.5. The average Bonchev–Trinajstić information content (AvgIpc) is 2.34. The van der Waals surface area contributed by atoms with Gasteiger partial charge < -0.3 is 10.2 Å². The van der Waals surface area contributed by atoms with Crippen LogP contribution in [0.1, 0.15) is 11.6 Å². The van der Waals surface area contributed by atoms with E-state index in [1.807, 2.05) is 6.07 Å². The van der Waals surface area contributed by atoms with E-state index >= 15 is 0 Å². The van der Waals surface area contributed by atoms with Gasteiger partial charge in [-0.1, -0.05) is 0 Å². The molecule has 1 unspecified atom stereocenters. The SMILES string of the molecule is N#CC(N)c1cocc1I. The third kappa shape index (κ3) is 1.30. The van der Waals surface area contributed by atoms with Crippen LogP contribution in [0.2, 0.25) is 0 Å². The minimum atomic E-state index is -0.564. The quantitative estimate of drug-likeness (QED) is 0.764. The molecule has 0 amide bonds. The maximum Gasteiger partial charge on any atom is 0.123 e. The van der Waals surface area contributed by atoms with Gasteiger partial charge in [-0.2, -0.15) is 5.26 Å². The molecule has 4 heteroatoms. The molecule has 3 nitrogen and oxygen atoms in total. The zero-order chi connectivity index (χ0) is 7.56. The highest BCUT2D eigenvalue weighted by atomic mass is 127. The topological polar surface area (TPSA) is 63.0 Å². The fourth-order valence-corrected chi connectivity index (χ4v) is 1.19. The summed E-state index contributed by atoms with van der Waals surface area (Å²) >= 11 is 2.07. The van der Waals surface area contributed by atoms with Crippen molar-refractivity contribution in [1.29, 1.82) is 5.26 Å². The lowest BCUT2D eigenvalue weighted by atomic mass is 10.2. The molecular formula is C6H5IN2O. The molecule has 0 saturated heterocycles. The maximum absolute atomic E-state index is 8.41. The molecule has 0 aromatic carbocycles. The molecule has 0 bridgehead atoms. The Hall–Kier alpha value is -0.540. The standard InChI is InChI=1S/C6H5IN2O/c7-5-3-10-2-4(5)6(9)1-8/h2-3,6H,9H2. The smallest absolute Gasteiger partial charge is 0.123 e. The summed E-state index contributed by atoms with van der Waals surface area (Å²) in [6, 6.07) is 1.36. The Morgan fingerprint density at radius 3 is 2.80 bits per heavy atom. The van der Waals surface area contributed by atoms with Gasteiger partial charge in [0.05, 0.1) is 15.9 Å². The van der Waals surface area contributed by atoms with Crippen molar-refractivity contribution in [2.75, 3.05) is 0 Å². The van der Waals surface area contributed by atoms with Gasteiger partial charge in [0.25, 0.3) is 0 Å². The Bertz CT molecular complexity index is 263. The second kappa shape index (κ2) is 3.03. The molecule has 1 aromatic heterocycles. The molecule has 0 aliphatic heterocycles. The van der Waals surface area contributed by atoms with E-state index in [0.717, 1.165) is 9.13 Å². The highest BCUT2D eigenvalue weighted by Crippen LogP contribution is 2.18. The van der Waals surface area contributed by atoms with Crippen LogP contribution < -0.4 is 5.73 Å². The van der Waals surface area contributed by atoms with E-state index in [1.165, 1.54) is 6.26 Å². The Balaban J connectivity index is 2.96. The highest BCUT2D eigenvalue weighted by Gasteiger charge is 2.09. The fourth-order valence-electron chi connectivity index (χ4n) is 0.583. The summed E-state index contributed by atoms with van der Waals surface area (Å²) < 4.78 is 5.72. The van der Waals surface area contributed by atoms with Crippen molar-refractivity contribution in [2.24, 2.45) is 5.73 Å². The molecule has 0 spiro atoms. The van der Waals surface area contributed by atoms with Crippen molar-refractivity contribution in [2.45, 2.75) is 6.04 Å². The summed E-state index contributed by atoms with van der Waals surface area (Å²) in [6.07, 6.45) is 3.06. The van der Waals surface area contributed by atoms with Crippen molar-refractivity contribution >= 4 is 22.6 Å². The molecule has 1 heterocycles. The molecule has 1 rings (SSSR count). The third-order valence-corrected chi connectivity index (χ3v) is 1.99. The van der Waals surface area contributed by atoms with E-state index in [1.54, 1.807) is 6.26 Å². The van der Waals surface area contributed by atoms with Crippen LogP contribution in [-0.4, -0.2) is 0 Å². The van der Waals surface area contributed by atoms with Crippen LogP contribution >= 0.6 is 22.6 Å². The number of nitrogens with two attached hydrogens (primary N) is 1. The predicted molar refractivity (Wildman–Crippen MR) is 44.0 cm³/mol. The van der Waals surface area contributed by atoms with Gasteiger partial charge in [0.1, 0.15) is 12.3 Å². The van der Waals surface area contributed by atoms with Gasteiger partial charge in [0.15, 0.2) is 0 Å². The van der Waals surface area contributed by atoms with Crippen molar-refractivity contribution < 1.29 is 4.42 Å². The second-order valence-electron chi connectivity index (χ2n) is 1.78. The molecule has 0 saturated carbocycles. The lowest BCUT2D eigenvalue weighted by Gasteiger charge is -1.95. The summed E-state index contributed by atoms with van der Waals surface area (Å²) in [7, 11) is 0. The van der Waals surface area contributed by atoms with Crippen LogP contribution in [0.4, 0.5) is 0 Å². The maximum atomic E-state index is 8.41. The number of rotatable bonds is 1. The summed E-state index contributed by atoms with van der Waals surface area (Å²) in [6.45, 7) is 0. The van der Waals surface area contributed by atoms with E-state index in [-0.39, 0.29) is 0 Å². The molecule has 1 aromatic rings. The van der Waals surface area contributed by atoms with E-state index in [9.17, 15) is 0 Å². The van der Waals surface area contributed by atoms with Crippen molar-refractivity contribution in [3.8, 4) is 6.07 Å². The summed E-state index contributed by atoms with van der Waals surface area (Å²) in [5.41, 5.74) is 6.17.